The Hall–Kier alpha value is -1.06. The normalized spacial score (nSPS) is 10.3. The van der Waals surface area contributed by atoms with E-state index in [9.17, 15) is 0 Å². The maximum atomic E-state index is 5.34. The first kappa shape index (κ1) is 8.04. The van der Waals surface area contributed by atoms with E-state index in [1.54, 1.807) is 11.0 Å². The largest absolute Gasteiger partial charge is 0.367 e. The first-order valence-corrected chi connectivity index (χ1v) is 3.98. The molecule has 0 spiro atoms. The fraction of sp³-hybridized carbons (Fsp3) is 0.714. The van der Waals surface area contributed by atoms with Crippen molar-refractivity contribution in [2.75, 3.05) is 5.73 Å². The van der Waals surface area contributed by atoms with E-state index in [0.717, 1.165) is 13.0 Å². The van der Waals surface area contributed by atoms with Crippen LogP contribution in [0.2, 0.25) is 0 Å². The molecular formula is C7H14N4. The van der Waals surface area contributed by atoms with Crippen molar-refractivity contribution in [2.45, 2.75) is 32.7 Å². The number of nitrogens with two attached hydrogens (primary N) is 1. The van der Waals surface area contributed by atoms with Crippen molar-refractivity contribution >= 4 is 5.95 Å². The van der Waals surface area contributed by atoms with Crippen LogP contribution in [0.3, 0.4) is 0 Å². The number of rotatable bonds is 4. The van der Waals surface area contributed by atoms with Crippen LogP contribution in [0.15, 0.2) is 6.33 Å². The number of aryl methyl sites for hydroxylation is 1. The van der Waals surface area contributed by atoms with Crippen molar-refractivity contribution in [1.29, 1.82) is 0 Å². The summed E-state index contributed by atoms with van der Waals surface area (Å²) >= 11 is 0. The van der Waals surface area contributed by atoms with Crippen molar-refractivity contribution in [3.63, 3.8) is 0 Å². The van der Waals surface area contributed by atoms with Gasteiger partial charge in [0, 0.05) is 6.54 Å². The van der Waals surface area contributed by atoms with Gasteiger partial charge in [-0.1, -0.05) is 19.8 Å². The second-order valence-electron chi connectivity index (χ2n) is 2.57. The van der Waals surface area contributed by atoms with Crippen LogP contribution < -0.4 is 5.73 Å². The van der Waals surface area contributed by atoms with Gasteiger partial charge >= 0.3 is 0 Å². The lowest BCUT2D eigenvalue weighted by Crippen LogP contribution is -1.99. The molecular weight excluding hydrogens is 140 g/mol. The Morgan fingerprint density at radius 3 is 2.91 bits per heavy atom. The van der Waals surface area contributed by atoms with Gasteiger partial charge in [-0.15, -0.1) is 5.10 Å². The Balaban J connectivity index is 2.27. The van der Waals surface area contributed by atoms with Gasteiger partial charge in [-0.05, 0) is 6.42 Å². The molecule has 0 bridgehead atoms. The summed E-state index contributed by atoms with van der Waals surface area (Å²) in [6.45, 7) is 3.10. The van der Waals surface area contributed by atoms with Gasteiger partial charge in [-0.2, -0.15) is 0 Å². The van der Waals surface area contributed by atoms with E-state index in [4.69, 9.17) is 5.73 Å². The average molecular weight is 154 g/mol. The molecule has 0 radical (unpaired) electrons. The van der Waals surface area contributed by atoms with Gasteiger partial charge in [0.15, 0.2) is 0 Å². The van der Waals surface area contributed by atoms with Gasteiger partial charge in [0.1, 0.15) is 6.33 Å². The number of nitrogens with zero attached hydrogens (tertiary/aromatic N) is 3. The summed E-state index contributed by atoms with van der Waals surface area (Å²) in [5, 5.41) is 3.97. The van der Waals surface area contributed by atoms with Gasteiger partial charge < -0.3 is 5.73 Å². The predicted molar refractivity (Wildman–Crippen MR) is 44.0 cm³/mol. The standard InChI is InChI=1S/C7H14N4/c1-2-3-4-5-11-6-9-7(8)10-11/h6H,2-5H2,1H3,(H2,8,10). The SMILES string of the molecule is CCCCCn1cnc(N)n1. The summed E-state index contributed by atoms with van der Waals surface area (Å²) in [7, 11) is 0. The molecule has 1 aromatic heterocycles. The molecule has 0 saturated carbocycles. The maximum Gasteiger partial charge on any atom is 0.239 e. The molecule has 0 aliphatic rings. The average Bonchev–Trinajstić information content (AvgIpc) is 2.37. The molecule has 0 aliphatic heterocycles. The van der Waals surface area contributed by atoms with E-state index >= 15 is 0 Å². The molecule has 0 saturated heterocycles. The number of aromatic nitrogens is 3. The van der Waals surface area contributed by atoms with Gasteiger partial charge in [0.2, 0.25) is 5.95 Å². The number of hydrogen-bond acceptors (Lipinski definition) is 3. The molecule has 4 nitrogen and oxygen atoms in total. The second kappa shape index (κ2) is 3.95. The first-order chi connectivity index (χ1) is 5.33. The van der Waals surface area contributed by atoms with Crippen LogP contribution in [0.25, 0.3) is 0 Å². The fourth-order valence-electron chi connectivity index (χ4n) is 0.941. The predicted octanol–water partition coefficient (Wildman–Crippen LogP) is 1.05. The van der Waals surface area contributed by atoms with E-state index in [1.807, 2.05) is 0 Å². The fourth-order valence-corrected chi connectivity index (χ4v) is 0.941. The lowest BCUT2D eigenvalue weighted by Gasteiger charge is -1.96. The molecule has 0 unspecified atom stereocenters. The summed E-state index contributed by atoms with van der Waals surface area (Å²) in [5.41, 5.74) is 5.34. The minimum Gasteiger partial charge on any atom is -0.367 e. The minimum atomic E-state index is 0.362. The summed E-state index contributed by atoms with van der Waals surface area (Å²) in [6.07, 6.45) is 5.29. The monoisotopic (exact) mass is 154 g/mol. The molecule has 4 heteroatoms. The Morgan fingerprint density at radius 2 is 2.36 bits per heavy atom. The van der Waals surface area contributed by atoms with Crippen LogP contribution in [-0.2, 0) is 6.54 Å². The van der Waals surface area contributed by atoms with E-state index in [0.29, 0.717) is 5.95 Å². The Bertz CT molecular complexity index is 206. The number of nitrogen functional groups attached to an aromatic ring is 1. The van der Waals surface area contributed by atoms with Gasteiger partial charge in [-0.25, -0.2) is 4.98 Å². The summed E-state index contributed by atoms with van der Waals surface area (Å²) in [5.74, 6) is 0.362. The third-order valence-electron chi connectivity index (χ3n) is 1.54. The summed E-state index contributed by atoms with van der Waals surface area (Å²) < 4.78 is 1.78. The number of anilines is 1. The third kappa shape index (κ3) is 2.57. The van der Waals surface area contributed by atoms with E-state index in [2.05, 4.69) is 17.0 Å². The van der Waals surface area contributed by atoms with Crippen molar-refractivity contribution in [2.24, 2.45) is 0 Å². The van der Waals surface area contributed by atoms with Crippen molar-refractivity contribution in [3.05, 3.63) is 6.33 Å². The molecule has 0 atom stereocenters. The molecule has 11 heavy (non-hydrogen) atoms. The van der Waals surface area contributed by atoms with Crippen LogP contribution in [-0.4, -0.2) is 14.8 Å². The highest BCUT2D eigenvalue weighted by atomic mass is 15.3. The lowest BCUT2D eigenvalue weighted by atomic mass is 10.2. The maximum absolute atomic E-state index is 5.34. The van der Waals surface area contributed by atoms with Crippen molar-refractivity contribution < 1.29 is 0 Å². The topological polar surface area (TPSA) is 56.7 Å². The third-order valence-corrected chi connectivity index (χ3v) is 1.54. The van der Waals surface area contributed by atoms with Gasteiger partial charge in [-0.3, -0.25) is 4.68 Å². The molecule has 1 aromatic rings. The highest BCUT2D eigenvalue weighted by molar-refractivity contribution is 5.08. The molecule has 1 rings (SSSR count). The molecule has 0 fully saturated rings. The van der Waals surface area contributed by atoms with Crippen LogP contribution in [0.1, 0.15) is 26.2 Å². The van der Waals surface area contributed by atoms with E-state index in [-0.39, 0.29) is 0 Å². The molecule has 2 N–H and O–H groups in total. The number of unbranched alkanes of at least 4 members (excludes halogenated alkanes) is 2. The Morgan fingerprint density at radius 1 is 1.55 bits per heavy atom. The molecule has 0 amide bonds. The van der Waals surface area contributed by atoms with Crippen LogP contribution >= 0.6 is 0 Å². The van der Waals surface area contributed by atoms with Gasteiger partial charge in [0.25, 0.3) is 0 Å². The van der Waals surface area contributed by atoms with Crippen LogP contribution in [0, 0.1) is 0 Å². The molecule has 0 aliphatic carbocycles. The van der Waals surface area contributed by atoms with Crippen molar-refractivity contribution in [3.8, 4) is 0 Å². The zero-order valence-corrected chi connectivity index (χ0v) is 6.82. The minimum absolute atomic E-state index is 0.362. The highest BCUT2D eigenvalue weighted by Gasteiger charge is 1.93. The summed E-state index contributed by atoms with van der Waals surface area (Å²) in [6, 6.07) is 0. The van der Waals surface area contributed by atoms with Crippen molar-refractivity contribution in [1.82, 2.24) is 14.8 Å². The van der Waals surface area contributed by atoms with Crippen LogP contribution in [0.4, 0.5) is 5.95 Å². The quantitative estimate of drug-likeness (QED) is 0.659. The zero-order valence-electron chi connectivity index (χ0n) is 6.82. The first-order valence-electron chi connectivity index (χ1n) is 3.98. The Kier molecular flexibility index (Phi) is 2.89. The Labute approximate surface area is 66.4 Å². The molecule has 62 valence electrons. The lowest BCUT2D eigenvalue weighted by molar-refractivity contribution is 0.553. The summed E-state index contributed by atoms with van der Waals surface area (Å²) in [4.78, 5) is 3.82. The second-order valence-corrected chi connectivity index (χ2v) is 2.57. The smallest absolute Gasteiger partial charge is 0.239 e. The zero-order chi connectivity index (χ0) is 8.10. The molecule has 1 heterocycles. The highest BCUT2D eigenvalue weighted by Crippen LogP contribution is 1.97. The molecule has 0 aromatic carbocycles. The van der Waals surface area contributed by atoms with Gasteiger partial charge in [0.05, 0.1) is 0 Å². The van der Waals surface area contributed by atoms with Crippen LogP contribution in [0.5, 0.6) is 0 Å². The van der Waals surface area contributed by atoms with E-state index in [1.165, 1.54) is 12.8 Å². The number of hydrogen-bond donors (Lipinski definition) is 1. The van der Waals surface area contributed by atoms with E-state index < -0.39 is 0 Å².